The van der Waals surface area contributed by atoms with E-state index < -0.39 is 41.1 Å². The molecule has 0 aliphatic carbocycles. The molecule has 29 heavy (non-hydrogen) atoms. The number of rotatable bonds is 4. The number of aliphatic carboxylic acids is 1. The lowest BCUT2D eigenvalue weighted by atomic mass is 9.68. The fraction of sp³-hybridized carbons (Fsp3) is 0.409. The first-order chi connectivity index (χ1) is 13.4. The third-order valence-electron chi connectivity index (χ3n) is 5.55. The molecule has 4 unspecified atom stereocenters. The first kappa shape index (κ1) is 21.7. The van der Waals surface area contributed by atoms with Gasteiger partial charge in [-0.1, -0.05) is 56.6 Å². The summed E-state index contributed by atoms with van der Waals surface area (Å²) in [5.74, 6) is -3.21. The molecule has 0 spiro atoms. The second-order valence-corrected chi connectivity index (χ2v) is 9.27. The minimum absolute atomic E-state index is 0.104. The molecule has 7 heteroatoms. The maximum Gasteiger partial charge on any atom is 0.321 e. The number of hydrogen-bond acceptors (Lipinski definition) is 3. The molecule has 0 amide bonds. The van der Waals surface area contributed by atoms with Gasteiger partial charge in [0, 0.05) is 12.0 Å². The van der Waals surface area contributed by atoms with Crippen molar-refractivity contribution in [2.24, 2.45) is 11.1 Å². The molecule has 1 fully saturated rings. The molecule has 1 heterocycles. The minimum Gasteiger partial charge on any atom is -0.480 e. The molecule has 2 aromatic carbocycles. The lowest BCUT2D eigenvalue weighted by molar-refractivity contribution is -0.139. The lowest BCUT2D eigenvalue weighted by Crippen LogP contribution is -2.52. The molecule has 1 aliphatic rings. The van der Waals surface area contributed by atoms with Crippen molar-refractivity contribution in [2.75, 3.05) is 0 Å². The predicted octanol–water partition coefficient (Wildman–Crippen LogP) is 4.42. The van der Waals surface area contributed by atoms with E-state index in [-0.39, 0.29) is 16.0 Å². The number of nitrogens with two attached hydrogens (primary N) is 1. The van der Waals surface area contributed by atoms with Crippen molar-refractivity contribution in [3.05, 3.63) is 70.2 Å². The highest BCUT2D eigenvalue weighted by atomic mass is 35.5. The Bertz CT molecular complexity index is 914. The monoisotopic (exact) mass is 422 g/mol. The van der Waals surface area contributed by atoms with Gasteiger partial charge in [-0.15, -0.1) is 0 Å². The van der Waals surface area contributed by atoms with Gasteiger partial charge >= 0.3 is 5.97 Å². The van der Waals surface area contributed by atoms with Crippen LogP contribution in [0.2, 0.25) is 5.02 Å². The van der Waals surface area contributed by atoms with Crippen LogP contribution in [0.25, 0.3) is 0 Å². The summed E-state index contributed by atoms with van der Waals surface area (Å²) in [5.41, 5.74) is 6.13. The van der Waals surface area contributed by atoms with E-state index >= 15 is 4.39 Å². The zero-order chi connectivity index (χ0) is 21.6. The largest absolute Gasteiger partial charge is 0.480 e. The summed E-state index contributed by atoms with van der Waals surface area (Å²) in [4.78, 5) is 12.1. The summed E-state index contributed by atoms with van der Waals surface area (Å²) >= 11 is 5.99. The second kappa shape index (κ2) is 7.67. The number of benzene rings is 2. The van der Waals surface area contributed by atoms with Gasteiger partial charge in [-0.3, -0.25) is 10.1 Å². The number of carboxylic acid groups (broad SMARTS) is 1. The van der Waals surface area contributed by atoms with Gasteiger partial charge in [-0.25, -0.2) is 8.78 Å². The quantitative estimate of drug-likeness (QED) is 0.681. The molecule has 0 aromatic heterocycles. The van der Waals surface area contributed by atoms with Crippen LogP contribution < -0.4 is 11.1 Å². The standard InChI is InChI=1S/C22H25ClF2N2O2/c1-21(2,3)11-16-22(26,12-7-9-13(24)10-8-12)17(19(27-16)20(28)29)14-5-4-6-15(23)18(14)25/h4-10,16-17,19,27H,11,26H2,1-3H3,(H,28,29). The van der Waals surface area contributed by atoms with Crippen molar-refractivity contribution < 1.29 is 18.7 Å². The van der Waals surface area contributed by atoms with Gasteiger partial charge in [-0.05, 0) is 41.2 Å². The molecule has 0 bridgehead atoms. The molecule has 3 rings (SSSR count). The van der Waals surface area contributed by atoms with E-state index in [0.29, 0.717) is 12.0 Å². The Morgan fingerprint density at radius 3 is 2.38 bits per heavy atom. The Morgan fingerprint density at radius 1 is 1.21 bits per heavy atom. The third kappa shape index (κ3) is 4.02. The van der Waals surface area contributed by atoms with Crippen molar-refractivity contribution in [3.8, 4) is 0 Å². The Morgan fingerprint density at radius 2 is 1.83 bits per heavy atom. The summed E-state index contributed by atoms with van der Waals surface area (Å²) in [6.07, 6.45) is 0.531. The SMILES string of the molecule is CC(C)(C)CC1NC(C(=O)O)C(c2cccc(Cl)c2F)C1(N)c1ccc(F)cc1. The van der Waals surface area contributed by atoms with E-state index in [9.17, 15) is 14.3 Å². The molecule has 4 atom stereocenters. The fourth-order valence-corrected chi connectivity index (χ4v) is 4.50. The minimum atomic E-state index is -1.30. The van der Waals surface area contributed by atoms with E-state index in [2.05, 4.69) is 5.32 Å². The average Bonchev–Trinajstić information content (AvgIpc) is 2.90. The highest BCUT2D eigenvalue weighted by Gasteiger charge is 2.57. The van der Waals surface area contributed by atoms with Gasteiger partial charge in [0.15, 0.2) is 0 Å². The second-order valence-electron chi connectivity index (χ2n) is 8.86. The molecule has 156 valence electrons. The van der Waals surface area contributed by atoms with Crippen LogP contribution in [0.1, 0.15) is 44.2 Å². The summed E-state index contributed by atoms with van der Waals surface area (Å²) in [7, 11) is 0. The van der Waals surface area contributed by atoms with E-state index in [1.165, 1.54) is 36.4 Å². The molecule has 2 aromatic rings. The van der Waals surface area contributed by atoms with Crippen LogP contribution in [0.4, 0.5) is 8.78 Å². The van der Waals surface area contributed by atoms with Crippen LogP contribution in [-0.2, 0) is 10.3 Å². The number of carbonyl (C=O) groups is 1. The van der Waals surface area contributed by atoms with Crippen molar-refractivity contribution >= 4 is 17.6 Å². The highest BCUT2D eigenvalue weighted by Crippen LogP contribution is 2.49. The molecule has 4 N–H and O–H groups in total. The Kier molecular flexibility index (Phi) is 5.73. The lowest BCUT2D eigenvalue weighted by Gasteiger charge is -2.39. The van der Waals surface area contributed by atoms with Crippen LogP contribution >= 0.6 is 11.6 Å². The molecule has 0 radical (unpaired) electrons. The summed E-state index contributed by atoms with van der Waals surface area (Å²) < 4.78 is 28.6. The van der Waals surface area contributed by atoms with Crippen LogP contribution in [0.3, 0.4) is 0 Å². The van der Waals surface area contributed by atoms with Gasteiger partial charge in [0.05, 0.1) is 10.6 Å². The maximum absolute atomic E-state index is 15.0. The molecule has 4 nitrogen and oxygen atoms in total. The van der Waals surface area contributed by atoms with Crippen LogP contribution in [-0.4, -0.2) is 23.2 Å². The average molecular weight is 423 g/mol. The normalized spacial score (nSPS) is 27.2. The highest BCUT2D eigenvalue weighted by molar-refractivity contribution is 6.30. The molecule has 1 aliphatic heterocycles. The van der Waals surface area contributed by atoms with Gasteiger partial charge in [0.25, 0.3) is 0 Å². The molecule has 0 saturated carbocycles. The maximum atomic E-state index is 15.0. The van der Waals surface area contributed by atoms with E-state index in [1.807, 2.05) is 20.8 Å². The zero-order valence-corrected chi connectivity index (χ0v) is 17.3. The van der Waals surface area contributed by atoms with Crippen molar-refractivity contribution in [1.29, 1.82) is 0 Å². The van der Waals surface area contributed by atoms with Crippen molar-refractivity contribution in [3.63, 3.8) is 0 Å². The van der Waals surface area contributed by atoms with E-state index in [4.69, 9.17) is 17.3 Å². The number of nitrogens with one attached hydrogen (secondary N) is 1. The Balaban J connectivity index is 2.25. The van der Waals surface area contributed by atoms with Crippen LogP contribution in [0.5, 0.6) is 0 Å². The van der Waals surface area contributed by atoms with Gasteiger partial charge in [-0.2, -0.15) is 0 Å². The first-order valence-corrected chi connectivity index (χ1v) is 9.80. The van der Waals surface area contributed by atoms with Gasteiger partial charge in [0.1, 0.15) is 17.7 Å². The Labute approximate surface area is 174 Å². The van der Waals surface area contributed by atoms with E-state index in [0.717, 1.165) is 0 Å². The molecular weight excluding hydrogens is 398 g/mol. The van der Waals surface area contributed by atoms with Gasteiger partial charge < -0.3 is 10.8 Å². The number of hydrogen-bond donors (Lipinski definition) is 3. The van der Waals surface area contributed by atoms with Crippen LogP contribution in [0.15, 0.2) is 42.5 Å². The smallest absolute Gasteiger partial charge is 0.321 e. The predicted molar refractivity (Wildman–Crippen MR) is 109 cm³/mol. The van der Waals surface area contributed by atoms with Crippen molar-refractivity contribution in [1.82, 2.24) is 5.32 Å². The fourth-order valence-electron chi connectivity index (χ4n) is 4.31. The summed E-state index contributed by atoms with van der Waals surface area (Å²) in [5, 5.41) is 12.9. The molecular formula is C22H25ClF2N2O2. The first-order valence-electron chi connectivity index (χ1n) is 9.43. The number of halogens is 3. The topological polar surface area (TPSA) is 75.3 Å². The summed E-state index contributed by atoms with van der Waals surface area (Å²) in [6, 6.07) is 8.48. The molecule has 1 saturated heterocycles. The van der Waals surface area contributed by atoms with Gasteiger partial charge in [0.2, 0.25) is 0 Å². The van der Waals surface area contributed by atoms with Crippen molar-refractivity contribution in [2.45, 2.75) is 50.7 Å². The van der Waals surface area contributed by atoms with E-state index in [1.54, 1.807) is 6.07 Å². The summed E-state index contributed by atoms with van der Waals surface area (Å²) in [6.45, 7) is 6.05. The zero-order valence-electron chi connectivity index (χ0n) is 16.5. The third-order valence-corrected chi connectivity index (χ3v) is 5.84. The number of carboxylic acids is 1. The Hall–Kier alpha value is -2.02. The van der Waals surface area contributed by atoms with Crippen LogP contribution in [0, 0.1) is 17.0 Å².